The second-order valence-electron chi connectivity index (χ2n) is 9.33. The second kappa shape index (κ2) is 8.90. The third-order valence-electron chi connectivity index (χ3n) is 7.04. The lowest BCUT2D eigenvalue weighted by Crippen LogP contribution is -2.40. The van der Waals surface area contributed by atoms with E-state index in [0.29, 0.717) is 23.9 Å². The fraction of sp³-hybridized carbons (Fsp3) is 0.385. The number of nitrogens with zero attached hydrogens (tertiary/aromatic N) is 5. The first kappa shape index (κ1) is 21.5. The Bertz CT molecular complexity index is 1320. The summed E-state index contributed by atoms with van der Waals surface area (Å²) in [6.07, 6.45) is 2.20. The second-order valence-corrected chi connectivity index (χ2v) is 9.33. The maximum Gasteiger partial charge on any atom is 0.253 e. The molecule has 1 N–H and O–H groups in total. The van der Waals surface area contributed by atoms with Crippen LogP contribution in [-0.4, -0.2) is 43.2 Å². The number of hydrogen-bond acceptors (Lipinski definition) is 5. The third kappa shape index (κ3) is 4.20. The van der Waals surface area contributed by atoms with Crippen molar-refractivity contribution in [2.45, 2.75) is 46.2 Å². The average Bonchev–Trinajstić information content (AvgIpc) is 3.27. The molecule has 1 aliphatic heterocycles. The van der Waals surface area contributed by atoms with Gasteiger partial charge in [-0.15, -0.1) is 5.10 Å². The number of rotatable bonds is 5. The lowest BCUT2D eigenvalue weighted by atomic mass is 9.95. The van der Waals surface area contributed by atoms with Crippen molar-refractivity contribution in [3.8, 4) is 0 Å². The van der Waals surface area contributed by atoms with Crippen molar-refractivity contribution in [3.63, 3.8) is 0 Å². The zero-order valence-electron chi connectivity index (χ0n) is 19.5. The van der Waals surface area contributed by atoms with Gasteiger partial charge in [-0.05, 0) is 84.3 Å². The summed E-state index contributed by atoms with van der Waals surface area (Å²) in [5, 5.41) is 13.8. The van der Waals surface area contributed by atoms with Crippen LogP contribution in [0.1, 0.15) is 53.9 Å². The van der Waals surface area contributed by atoms with Gasteiger partial charge < -0.3 is 4.98 Å². The molecule has 1 fully saturated rings. The lowest BCUT2D eigenvalue weighted by Gasteiger charge is -2.36. The summed E-state index contributed by atoms with van der Waals surface area (Å²) in [6.45, 7) is 8.80. The highest BCUT2D eigenvalue weighted by molar-refractivity contribution is 5.83. The largest absolute Gasteiger partial charge is 0.321 e. The zero-order chi connectivity index (χ0) is 22.9. The maximum absolute atomic E-state index is 13.4. The molecule has 1 saturated heterocycles. The summed E-state index contributed by atoms with van der Waals surface area (Å²) in [5.41, 5.74) is 4.92. The highest BCUT2D eigenvalue weighted by Crippen LogP contribution is 2.31. The van der Waals surface area contributed by atoms with E-state index >= 15 is 0 Å². The van der Waals surface area contributed by atoms with Gasteiger partial charge in [-0.25, -0.2) is 4.68 Å². The van der Waals surface area contributed by atoms with Gasteiger partial charge in [-0.1, -0.05) is 49.4 Å². The van der Waals surface area contributed by atoms with Crippen molar-refractivity contribution in [2.75, 3.05) is 13.1 Å². The summed E-state index contributed by atoms with van der Waals surface area (Å²) >= 11 is 0. The van der Waals surface area contributed by atoms with E-state index in [2.05, 4.69) is 70.4 Å². The zero-order valence-corrected chi connectivity index (χ0v) is 19.5. The number of pyridine rings is 1. The van der Waals surface area contributed by atoms with Crippen LogP contribution in [0.25, 0.3) is 10.9 Å². The summed E-state index contributed by atoms with van der Waals surface area (Å²) in [5.74, 6) is 1.39. The summed E-state index contributed by atoms with van der Waals surface area (Å²) in [7, 11) is 0. The number of fused-ring (bicyclic) bond motifs is 1. The number of hydrogen-bond donors (Lipinski definition) is 1. The molecular formula is C26H30N6O. The first-order valence-electron chi connectivity index (χ1n) is 11.7. The smallest absolute Gasteiger partial charge is 0.253 e. The molecule has 1 aliphatic rings. The molecule has 7 nitrogen and oxygen atoms in total. The van der Waals surface area contributed by atoms with Crippen LogP contribution in [0.15, 0.2) is 53.3 Å². The maximum atomic E-state index is 13.4. The van der Waals surface area contributed by atoms with Gasteiger partial charge in [0.15, 0.2) is 5.82 Å². The number of piperidine rings is 1. The Morgan fingerprint density at radius 3 is 2.61 bits per heavy atom. The molecular weight excluding hydrogens is 412 g/mol. The average molecular weight is 443 g/mol. The summed E-state index contributed by atoms with van der Waals surface area (Å²) in [6, 6.07) is 16.1. The van der Waals surface area contributed by atoms with Gasteiger partial charge in [0.2, 0.25) is 0 Å². The minimum atomic E-state index is -0.300. The molecule has 5 rings (SSSR count). The van der Waals surface area contributed by atoms with E-state index in [1.807, 2.05) is 28.9 Å². The van der Waals surface area contributed by atoms with Crippen LogP contribution >= 0.6 is 0 Å². The number of likely N-dealkylation sites (tertiary alicyclic amines) is 1. The molecule has 3 heterocycles. The van der Waals surface area contributed by atoms with Gasteiger partial charge >= 0.3 is 0 Å². The Morgan fingerprint density at radius 1 is 1.09 bits per heavy atom. The van der Waals surface area contributed by atoms with E-state index in [9.17, 15) is 4.79 Å². The topological polar surface area (TPSA) is 79.7 Å². The molecule has 0 radical (unpaired) electrons. The molecule has 2 aromatic heterocycles. The van der Waals surface area contributed by atoms with Crippen molar-refractivity contribution in [1.29, 1.82) is 0 Å². The van der Waals surface area contributed by atoms with Crippen LogP contribution in [0.3, 0.4) is 0 Å². The molecule has 2 aromatic carbocycles. The summed E-state index contributed by atoms with van der Waals surface area (Å²) in [4.78, 5) is 19.0. The molecule has 4 aromatic rings. The van der Waals surface area contributed by atoms with E-state index in [-0.39, 0.29) is 11.6 Å². The molecule has 1 atom stereocenters. The third-order valence-corrected chi connectivity index (χ3v) is 7.04. The van der Waals surface area contributed by atoms with Gasteiger partial charge in [-0.3, -0.25) is 9.69 Å². The van der Waals surface area contributed by atoms with Gasteiger partial charge in [0, 0.05) is 5.56 Å². The number of H-pyrrole nitrogens is 1. The first-order valence-corrected chi connectivity index (χ1v) is 11.7. The van der Waals surface area contributed by atoms with E-state index in [1.165, 1.54) is 5.56 Å². The fourth-order valence-corrected chi connectivity index (χ4v) is 4.81. The summed E-state index contributed by atoms with van der Waals surface area (Å²) < 4.78 is 1.84. The highest BCUT2D eigenvalue weighted by Gasteiger charge is 2.32. The first-order chi connectivity index (χ1) is 16.0. The van der Waals surface area contributed by atoms with E-state index in [1.54, 1.807) is 0 Å². The number of nitrogens with one attached hydrogen (secondary N) is 1. The Balaban J connectivity index is 1.63. The van der Waals surface area contributed by atoms with Crippen molar-refractivity contribution in [2.24, 2.45) is 5.92 Å². The lowest BCUT2D eigenvalue weighted by molar-refractivity contribution is 0.149. The standard InChI is InChI=1S/C26H30N6O/c1-17-11-13-31(14-12-17)24(25-28-29-30-32(25)16-20-7-5-4-6-8-20)22-15-21-10-9-18(2)19(3)23(21)27-26(22)33/h4-10,15,17,24H,11-14,16H2,1-3H3,(H,27,33)/t24-/m0/s1. The predicted molar refractivity (Wildman–Crippen MR) is 129 cm³/mol. The predicted octanol–water partition coefficient (Wildman–Crippen LogP) is 4.00. The number of tetrazole rings is 1. The quantitative estimate of drug-likeness (QED) is 0.505. The van der Waals surface area contributed by atoms with Gasteiger partial charge in [0.1, 0.15) is 6.04 Å². The molecule has 0 amide bonds. The van der Waals surface area contributed by atoms with E-state index in [0.717, 1.165) is 48.0 Å². The Kier molecular flexibility index (Phi) is 5.81. The molecule has 0 bridgehead atoms. The normalized spacial score (nSPS) is 16.3. The molecule has 0 spiro atoms. The van der Waals surface area contributed by atoms with E-state index in [4.69, 9.17) is 0 Å². The number of aromatic nitrogens is 5. The number of aromatic amines is 1. The molecule has 7 heteroatoms. The minimum absolute atomic E-state index is 0.0749. The molecule has 170 valence electrons. The van der Waals surface area contributed by atoms with Crippen molar-refractivity contribution >= 4 is 10.9 Å². The van der Waals surface area contributed by atoms with Gasteiger partial charge in [-0.2, -0.15) is 0 Å². The SMILES string of the molecule is Cc1ccc2cc([C@@H](c3nnnn3Cc3ccccc3)N3CCC(C)CC3)c(=O)[nH]c2c1C. The van der Waals surface area contributed by atoms with Crippen molar-refractivity contribution < 1.29 is 0 Å². The molecule has 0 unspecified atom stereocenters. The Morgan fingerprint density at radius 2 is 1.85 bits per heavy atom. The molecule has 33 heavy (non-hydrogen) atoms. The minimum Gasteiger partial charge on any atom is -0.321 e. The fourth-order valence-electron chi connectivity index (χ4n) is 4.81. The monoisotopic (exact) mass is 442 g/mol. The van der Waals surface area contributed by atoms with Crippen LogP contribution in [0, 0.1) is 19.8 Å². The Hall–Kier alpha value is -3.32. The Labute approximate surface area is 193 Å². The van der Waals surface area contributed by atoms with Gasteiger partial charge in [0.25, 0.3) is 5.56 Å². The molecule has 0 saturated carbocycles. The van der Waals surface area contributed by atoms with Gasteiger partial charge in [0.05, 0.1) is 12.1 Å². The van der Waals surface area contributed by atoms with Crippen LogP contribution in [0.2, 0.25) is 0 Å². The van der Waals surface area contributed by atoms with Crippen molar-refractivity contribution in [3.05, 3.63) is 87.0 Å². The van der Waals surface area contributed by atoms with E-state index < -0.39 is 0 Å². The van der Waals surface area contributed by atoms with Crippen molar-refractivity contribution in [1.82, 2.24) is 30.1 Å². The van der Waals surface area contributed by atoms with Crippen LogP contribution in [0.5, 0.6) is 0 Å². The highest BCUT2D eigenvalue weighted by atomic mass is 16.1. The van der Waals surface area contributed by atoms with Crippen LogP contribution in [-0.2, 0) is 6.54 Å². The molecule has 0 aliphatic carbocycles. The van der Waals surface area contributed by atoms with Crippen LogP contribution < -0.4 is 5.56 Å². The number of aryl methyl sites for hydroxylation is 2. The number of benzene rings is 2. The van der Waals surface area contributed by atoms with Crippen LogP contribution in [0.4, 0.5) is 0 Å².